The lowest BCUT2D eigenvalue weighted by Gasteiger charge is -2.26. The first-order valence-corrected chi connectivity index (χ1v) is 5.39. The average molecular weight is 181 g/mol. The van der Waals surface area contributed by atoms with Crippen LogP contribution >= 0.6 is 0 Å². The summed E-state index contributed by atoms with van der Waals surface area (Å²) in [5.41, 5.74) is 0. The van der Waals surface area contributed by atoms with Gasteiger partial charge < -0.3 is 4.74 Å². The van der Waals surface area contributed by atoms with Crippen molar-refractivity contribution in [1.29, 1.82) is 5.26 Å². The molecule has 1 saturated carbocycles. The van der Waals surface area contributed by atoms with Gasteiger partial charge in [0.25, 0.3) is 0 Å². The molecule has 0 aromatic heterocycles. The van der Waals surface area contributed by atoms with Crippen molar-refractivity contribution in [2.24, 2.45) is 5.92 Å². The Morgan fingerprint density at radius 2 is 2.15 bits per heavy atom. The van der Waals surface area contributed by atoms with Crippen LogP contribution in [-0.4, -0.2) is 12.7 Å². The highest BCUT2D eigenvalue weighted by Gasteiger charge is 2.24. The lowest BCUT2D eigenvalue weighted by atomic mass is 9.87. The third-order valence-corrected chi connectivity index (χ3v) is 2.70. The largest absolute Gasteiger partial charge is 0.377 e. The number of nitriles is 1. The molecule has 0 amide bonds. The third-order valence-electron chi connectivity index (χ3n) is 2.70. The molecule has 0 aromatic rings. The van der Waals surface area contributed by atoms with Crippen LogP contribution < -0.4 is 0 Å². The number of hydrogen-bond acceptors (Lipinski definition) is 2. The number of unbranched alkanes of at least 4 members (excludes halogenated alkanes) is 1. The van der Waals surface area contributed by atoms with Crippen molar-refractivity contribution in [2.75, 3.05) is 6.61 Å². The van der Waals surface area contributed by atoms with Crippen molar-refractivity contribution in [3.05, 3.63) is 0 Å². The fourth-order valence-electron chi connectivity index (χ4n) is 1.82. The monoisotopic (exact) mass is 181 g/mol. The summed E-state index contributed by atoms with van der Waals surface area (Å²) < 4.78 is 5.70. The molecule has 1 fully saturated rings. The minimum atomic E-state index is 0.158. The second-order valence-corrected chi connectivity index (χ2v) is 3.78. The maximum absolute atomic E-state index is 8.89. The topological polar surface area (TPSA) is 33.0 Å². The lowest BCUT2D eigenvalue weighted by Crippen LogP contribution is -2.26. The first-order chi connectivity index (χ1) is 6.38. The summed E-state index contributed by atoms with van der Waals surface area (Å²) >= 11 is 0. The summed E-state index contributed by atoms with van der Waals surface area (Å²) in [6, 6.07) is 2.36. The highest BCUT2D eigenvalue weighted by atomic mass is 16.5. The van der Waals surface area contributed by atoms with Gasteiger partial charge in [-0.3, -0.25) is 0 Å². The van der Waals surface area contributed by atoms with Crippen LogP contribution in [0.3, 0.4) is 0 Å². The molecule has 13 heavy (non-hydrogen) atoms. The molecule has 2 heteroatoms. The maximum atomic E-state index is 8.89. The van der Waals surface area contributed by atoms with Gasteiger partial charge in [0.2, 0.25) is 0 Å². The molecular formula is C11H19NO. The fraction of sp³-hybridized carbons (Fsp3) is 0.909. The van der Waals surface area contributed by atoms with Crippen LogP contribution in [0.2, 0.25) is 0 Å². The second kappa shape index (κ2) is 5.99. The molecule has 1 rings (SSSR count). The van der Waals surface area contributed by atoms with Crippen molar-refractivity contribution in [3.8, 4) is 6.07 Å². The predicted molar refractivity (Wildman–Crippen MR) is 52.2 cm³/mol. The van der Waals surface area contributed by atoms with E-state index in [1.807, 2.05) is 0 Å². The maximum Gasteiger partial charge on any atom is 0.0733 e. The molecule has 0 bridgehead atoms. The van der Waals surface area contributed by atoms with E-state index in [4.69, 9.17) is 10.00 Å². The van der Waals surface area contributed by atoms with Crippen LogP contribution in [0, 0.1) is 17.2 Å². The molecule has 2 nitrogen and oxygen atoms in total. The standard InChI is InChI=1S/C11H19NO/c1-2-3-8-13-11-7-5-4-6-10(11)9-12/h10-11H,2-8H2,1H3. The molecule has 0 saturated heterocycles. The van der Waals surface area contributed by atoms with Gasteiger partial charge >= 0.3 is 0 Å². The van der Waals surface area contributed by atoms with E-state index in [0.29, 0.717) is 0 Å². The average Bonchev–Trinajstić information content (AvgIpc) is 2.19. The van der Waals surface area contributed by atoms with Crippen molar-refractivity contribution < 1.29 is 4.74 Å². The molecule has 0 N–H and O–H groups in total. The van der Waals surface area contributed by atoms with Crippen molar-refractivity contribution in [2.45, 2.75) is 51.6 Å². The Labute approximate surface area is 80.9 Å². The van der Waals surface area contributed by atoms with E-state index < -0.39 is 0 Å². The summed E-state index contributed by atoms with van der Waals surface area (Å²) in [5.74, 6) is 0.158. The number of hydrogen-bond donors (Lipinski definition) is 0. The van der Waals surface area contributed by atoms with Gasteiger partial charge in [-0.05, 0) is 19.3 Å². The minimum Gasteiger partial charge on any atom is -0.377 e. The zero-order chi connectivity index (χ0) is 9.52. The summed E-state index contributed by atoms with van der Waals surface area (Å²) in [7, 11) is 0. The molecular weight excluding hydrogens is 162 g/mol. The van der Waals surface area contributed by atoms with E-state index >= 15 is 0 Å². The molecule has 0 spiro atoms. The zero-order valence-electron chi connectivity index (χ0n) is 8.46. The predicted octanol–water partition coefficient (Wildman–Crippen LogP) is 2.89. The van der Waals surface area contributed by atoms with Gasteiger partial charge in [0.15, 0.2) is 0 Å². The molecule has 0 radical (unpaired) electrons. The molecule has 0 aromatic carbocycles. The van der Waals surface area contributed by atoms with Crippen molar-refractivity contribution in [3.63, 3.8) is 0 Å². The van der Waals surface area contributed by atoms with Crippen LogP contribution in [0.5, 0.6) is 0 Å². The quantitative estimate of drug-likeness (QED) is 0.625. The molecule has 1 aliphatic carbocycles. The Hall–Kier alpha value is -0.550. The second-order valence-electron chi connectivity index (χ2n) is 3.78. The SMILES string of the molecule is CCCCOC1CCCCC1C#N. The Bertz CT molecular complexity index is 173. The van der Waals surface area contributed by atoms with Gasteiger partial charge in [-0.1, -0.05) is 26.2 Å². The lowest BCUT2D eigenvalue weighted by molar-refractivity contribution is 0.00474. The highest BCUT2D eigenvalue weighted by Crippen LogP contribution is 2.26. The molecule has 0 heterocycles. The first kappa shape index (κ1) is 10.5. The van der Waals surface area contributed by atoms with Crippen LogP contribution in [0.15, 0.2) is 0 Å². The fourth-order valence-corrected chi connectivity index (χ4v) is 1.82. The summed E-state index contributed by atoms with van der Waals surface area (Å²) in [4.78, 5) is 0. The van der Waals surface area contributed by atoms with Gasteiger partial charge in [-0.25, -0.2) is 0 Å². The van der Waals surface area contributed by atoms with Gasteiger partial charge in [0.05, 0.1) is 18.1 Å². The number of nitrogens with zero attached hydrogens (tertiary/aromatic N) is 1. The Morgan fingerprint density at radius 3 is 2.85 bits per heavy atom. The van der Waals surface area contributed by atoms with Crippen LogP contribution in [0.1, 0.15) is 45.4 Å². The molecule has 2 unspecified atom stereocenters. The van der Waals surface area contributed by atoms with E-state index in [-0.39, 0.29) is 12.0 Å². The molecule has 2 atom stereocenters. The van der Waals surface area contributed by atoms with Crippen molar-refractivity contribution in [1.82, 2.24) is 0 Å². The van der Waals surface area contributed by atoms with E-state index in [1.165, 1.54) is 19.3 Å². The first-order valence-electron chi connectivity index (χ1n) is 5.39. The zero-order valence-corrected chi connectivity index (χ0v) is 8.46. The van der Waals surface area contributed by atoms with Gasteiger partial charge in [0, 0.05) is 6.61 Å². The van der Waals surface area contributed by atoms with Gasteiger partial charge in [-0.2, -0.15) is 5.26 Å². The Balaban J connectivity index is 2.24. The van der Waals surface area contributed by atoms with Crippen molar-refractivity contribution >= 4 is 0 Å². The van der Waals surface area contributed by atoms with E-state index in [1.54, 1.807) is 0 Å². The smallest absolute Gasteiger partial charge is 0.0733 e. The summed E-state index contributed by atoms with van der Waals surface area (Å²) in [6.45, 7) is 2.99. The normalized spacial score (nSPS) is 28.3. The summed E-state index contributed by atoms with van der Waals surface area (Å²) in [5, 5.41) is 8.89. The summed E-state index contributed by atoms with van der Waals surface area (Å²) in [6.07, 6.45) is 7.07. The molecule has 0 aliphatic heterocycles. The Morgan fingerprint density at radius 1 is 1.38 bits per heavy atom. The number of rotatable bonds is 4. The van der Waals surface area contributed by atoms with Gasteiger partial charge in [-0.15, -0.1) is 0 Å². The van der Waals surface area contributed by atoms with E-state index in [0.717, 1.165) is 25.9 Å². The van der Waals surface area contributed by atoms with Gasteiger partial charge in [0.1, 0.15) is 0 Å². The van der Waals surface area contributed by atoms with Crippen LogP contribution in [0.25, 0.3) is 0 Å². The van der Waals surface area contributed by atoms with E-state index in [2.05, 4.69) is 13.0 Å². The molecule has 74 valence electrons. The molecule has 1 aliphatic rings. The highest BCUT2D eigenvalue weighted by molar-refractivity contribution is 4.91. The third kappa shape index (κ3) is 3.36. The minimum absolute atomic E-state index is 0.158. The van der Waals surface area contributed by atoms with E-state index in [9.17, 15) is 0 Å². The Kier molecular flexibility index (Phi) is 4.85. The van der Waals surface area contributed by atoms with Crippen LogP contribution in [0.4, 0.5) is 0 Å². The van der Waals surface area contributed by atoms with Crippen LogP contribution in [-0.2, 0) is 4.74 Å². The number of ether oxygens (including phenoxy) is 1.